The zero-order valence-corrected chi connectivity index (χ0v) is 15.2. The Morgan fingerprint density at radius 2 is 1.62 bits per heavy atom. The zero-order chi connectivity index (χ0) is 18.4. The van der Waals surface area contributed by atoms with Gasteiger partial charge in [-0.25, -0.2) is 9.97 Å². The molecule has 0 aliphatic carbocycles. The number of hydrogen-bond donors (Lipinski definition) is 2. The predicted octanol–water partition coefficient (Wildman–Crippen LogP) is 4.50. The maximum Gasteiger partial charge on any atom is 0.162 e. The van der Waals surface area contributed by atoms with E-state index in [9.17, 15) is 0 Å². The molecule has 0 bridgehead atoms. The third-order valence-corrected chi connectivity index (χ3v) is 3.96. The monoisotopic (exact) mass is 370 g/mol. The summed E-state index contributed by atoms with van der Waals surface area (Å²) in [5.74, 6) is 2.71. The highest BCUT2D eigenvalue weighted by atomic mass is 35.5. The van der Waals surface area contributed by atoms with Gasteiger partial charge in [-0.05, 0) is 29.8 Å². The molecule has 0 saturated heterocycles. The molecule has 0 atom stereocenters. The quantitative estimate of drug-likeness (QED) is 0.638. The van der Waals surface area contributed by atoms with E-state index in [2.05, 4.69) is 20.6 Å². The van der Waals surface area contributed by atoms with Crippen molar-refractivity contribution >= 4 is 28.9 Å². The number of hydrogen-bond acceptors (Lipinski definition) is 6. The molecule has 3 aromatic rings. The smallest absolute Gasteiger partial charge is 0.162 e. The van der Waals surface area contributed by atoms with Crippen LogP contribution in [0.5, 0.6) is 11.5 Å². The lowest BCUT2D eigenvalue weighted by Crippen LogP contribution is -2.03. The molecule has 0 spiro atoms. The lowest BCUT2D eigenvalue weighted by molar-refractivity contribution is 0.355. The van der Waals surface area contributed by atoms with E-state index in [-0.39, 0.29) is 0 Å². The van der Waals surface area contributed by atoms with Crippen LogP contribution in [0.15, 0.2) is 54.9 Å². The van der Waals surface area contributed by atoms with Crippen LogP contribution in [0.4, 0.5) is 17.3 Å². The summed E-state index contributed by atoms with van der Waals surface area (Å²) in [5, 5.41) is 7.22. The van der Waals surface area contributed by atoms with Gasteiger partial charge in [0.2, 0.25) is 0 Å². The molecule has 26 heavy (non-hydrogen) atoms. The predicted molar refractivity (Wildman–Crippen MR) is 104 cm³/mol. The molecule has 7 heteroatoms. The zero-order valence-electron chi connectivity index (χ0n) is 14.5. The normalized spacial score (nSPS) is 10.3. The van der Waals surface area contributed by atoms with E-state index >= 15 is 0 Å². The Kier molecular flexibility index (Phi) is 5.76. The number of anilines is 3. The van der Waals surface area contributed by atoms with Gasteiger partial charge in [0.1, 0.15) is 18.0 Å². The van der Waals surface area contributed by atoms with Gasteiger partial charge in [0.15, 0.2) is 11.5 Å². The molecule has 0 radical (unpaired) electrons. The van der Waals surface area contributed by atoms with Crippen LogP contribution in [0, 0.1) is 0 Å². The first kappa shape index (κ1) is 17.8. The summed E-state index contributed by atoms with van der Waals surface area (Å²) in [6, 6.07) is 15.1. The fourth-order valence-electron chi connectivity index (χ4n) is 2.38. The topological polar surface area (TPSA) is 68.3 Å². The van der Waals surface area contributed by atoms with Gasteiger partial charge >= 0.3 is 0 Å². The van der Waals surface area contributed by atoms with E-state index in [0.29, 0.717) is 23.9 Å². The molecular weight excluding hydrogens is 352 g/mol. The second-order valence-corrected chi connectivity index (χ2v) is 5.90. The largest absolute Gasteiger partial charge is 0.493 e. The lowest BCUT2D eigenvalue weighted by Gasteiger charge is -2.11. The van der Waals surface area contributed by atoms with E-state index in [1.54, 1.807) is 14.2 Å². The molecule has 0 aliphatic rings. The average Bonchev–Trinajstić information content (AvgIpc) is 2.68. The Balaban J connectivity index is 1.68. The van der Waals surface area contributed by atoms with Crippen molar-refractivity contribution in [1.29, 1.82) is 0 Å². The van der Waals surface area contributed by atoms with E-state index in [0.717, 1.165) is 22.1 Å². The first-order valence-electron chi connectivity index (χ1n) is 7.97. The second-order valence-electron chi connectivity index (χ2n) is 5.46. The van der Waals surface area contributed by atoms with E-state index in [1.807, 2.05) is 48.5 Å². The SMILES string of the molecule is COc1ccc(Nc2cc(NCc3ccc(Cl)cc3)ncn2)cc1OC. The highest BCUT2D eigenvalue weighted by Crippen LogP contribution is 2.30. The van der Waals surface area contributed by atoms with Crippen molar-refractivity contribution in [2.24, 2.45) is 0 Å². The van der Waals surface area contributed by atoms with Gasteiger partial charge in [0.05, 0.1) is 14.2 Å². The first-order valence-corrected chi connectivity index (χ1v) is 8.35. The molecule has 1 heterocycles. The number of methoxy groups -OCH3 is 2. The number of aromatic nitrogens is 2. The average molecular weight is 371 g/mol. The fraction of sp³-hybridized carbons (Fsp3) is 0.158. The minimum Gasteiger partial charge on any atom is -0.493 e. The second kappa shape index (κ2) is 8.40. The molecule has 2 aromatic carbocycles. The van der Waals surface area contributed by atoms with Gasteiger partial charge in [-0.3, -0.25) is 0 Å². The molecule has 0 unspecified atom stereocenters. The Labute approximate surface area is 157 Å². The fourth-order valence-corrected chi connectivity index (χ4v) is 2.51. The molecule has 1 aromatic heterocycles. The molecule has 0 fully saturated rings. The summed E-state index contributed by atoms with van der Waals surface area (Å²) in [6.07, 6.45) is 1.51. The van der Waals surface area contributed by atoms with Gasteiger partial charge in [0, 0.05) is 29.4 Å². The Hall–Kier alpha value is -2.99. The van der Waals surface area contributed by atoms with Crippen molar-refractivity contribution in [3.05, 3.63) is 65.4 Å². The third kappa shape index (κ3) is 4.55. The van der Waals surface area contributed by atoms with Crippen LogP contribution in [0.3, 0.4) is 0 Å². The Bertz CT molecular complexity index is 872. The van der Waals surface area contributed by atoms with Crippen molar-refractivity contribution < 1.29 is 9.47 Å². The van der Waals surface area contributed by atoms with Crippen molar-refractivity contribution in [2.45, 2.75) is 6.54 Å². The Morgan fingerprint density at radius 3 is 2.35 bits per heavy atom. The maximum atomic E-state index is 5.90. The van der Waals surface area contributed by atoms with Crippen LogP contribution in [0.2, 0.25) is 5.02 Å². The van der Waals surface area contributed by atoms with Crippen LogP contribution in [-0.2, 0) is 6.54 Å². The number of nitrogens with zero attached hydrogens (tertiary/aromatic N) is 2. The third-order valence-electron chi connectivity index (χ3n) is 3.71. The minimum atomic E-state index is 0.643. The number of nitrogens with one attached hydrogen (secondary N) is 2. The van der Waals surface area contributed by atoms with E-state index in [4.69, 9.17) is 21.1 Å². The summed E-state index contributed by atoms with van der Waals surface area (Å²) in [7, 11) is 3.21. The van der Waals surface area contributed by atoms with Crippen molar-refractivity contribution in [1.82, 2.24) is 9.97 Å². The van der Waals surface area contributed by atoms with Gasteiger partial charge < -0.3 is 20.1 Å². The Morgan fingerprint density at radius 1 is 0.885 bits per heavy atom. The highest BCUT2D eigenvalue weighted by molar-refractivity contribution is 6.30. The van der Waals surface area contributed by atoms with Crippen LogP contribution in [0.25, 0.3) is 0 Å². The molecular formula is C19H19ClN4O2. The van der Waals surface area contributed by atoms with Crippen molar-refractivity contribution in [3.63, 3.8) is 0 Å². The maximum absolute atomic E-state index is 5.90. The van der Waals surface area contributed by atoms with Crippen LogP contribution in [0.1, 0.15) is 5.56 Å². The van der Waals surface area contributed by atoms with Gasteiger partial charge in [-0.15, -0.1) is 0 Å². The summed E-state index contributed by atoms with van der Waals surface area (Å²) in [5.41, 5.74) is 1.95. The van der Waals surface area contributed by atoms with Crippen molar-refractivity contribution in [2.75, 3.05) is 24.9 Å². The number of rotatable bonds is 7. The van der Waals surface area contributed by atoms with Crippen LogP contribution >= 0.6 is 11.6 Å². The lowest BCUT2D eigenvalue weighted by atomic mass is 10.2. The molecule has 3 rings (SSSR count). The standard InChI is InChI=1S/C19H19ClN4O2/c1-25-16-8-7-15(9-17(16)26-2)24-19-10-18(22-12-23-19)21-11-13-3-5-14(20)6-4-13/h3-10,12H,11H2,1-2H3,(H2,21,22,23,24). The molecule has 0 saturated carbocycles. The summed E-state index contributed by atoms with van der Waals surface area (Å²) in [6.45, 7) is 0.643. The molecule has 6 nitrogen and oxygen atoms in total. The summed E-state index contributed by atoms with van der Waals surface area (Å²) >= 11 is 5.90. The highest BCUT2D eigenvalue weighted by Gasteiger charge is 2.06. The molecule has 134 valence electrons. The number of halogens is 1. The van der Waals surface area contributed by atoms with E-state index < -0.39 is 0 Å². The van der Waals surface area contributed by atoms with Gasteiger partial charge in [-0.2, -0.15) is 0 Å². The number of ether oxygens (including phenoxy) is 2. The first-order chi connectivity index (χ1) is 12.7. The van der Waals surface area contributed by atoms with Crippen LogP contribution in [-0.4, -0.2) is 24.2 Å². The molecule has 2 N–H and O–H groups in total. The van der Waals surface area contributed by atoms with E-state index in [1.165, 1.54) is 6.33 Å². The van der Waals surface area contributed by atoms with Gasteiger partial charge in [-0.1, -0.05) is 23.7 Å². The number of benzene rings is 2. The summed E-state index contributed by atoms with van der Waals surface area (Å²) in [4.78, 5) is 8.49. The van der Waals surface area contributed by atoms with Gasteiger partial charge in [0.25, 0.3) is 0 Å². The molecule has 0 amide bonds. The van der Waals surface area contributed by atoms with Crippen molar-refractivity contribution in [3.8, 4) is 11.5 Å². The molecule has 0 aliphatic heterocycles. The summed E-state index contributed by atoms with van der Waals surface area (Å²) < 4.78 is 10.6. The minimum absolute atomic E-state index is 0.643. The van der Waals surface area contributed by atoms with Crippen LogP contribution < -0.4 is 20.1 Å².